The highest BCUT2D eigenvalue weighted by Crippen LogP contribution is 2.42. The maximum atomic E-state index is 9.63. The van der Waals surface area contributed by atoms with Gasteiger partial charge in [0.2, 0.25) is 0 Å². The molecule has 0 aliphatic carbocycles. The molecule has 9 rings (SSSR count). The monoisotopic (exact) mass is 653 g/mol. The van der Waals surface area contributed by atoms with E-state index in [9.17, 15) is 5.26 Å². The number of aryl methyl sites for hydroxylation is 2. The number of aromatic nitrogens is 2. The number of hydrogen-bond acceptors (Lipinski definition) is 2. The summed E-state index contributed by atoms with van der Waals surface area (Å²) in [6.45, 7) is 11.9. The Bertz CT molecular complexity index is 2700. The van der Waals surface area contributed by atoms with Crippen molar-refractivity contribution in [3.8, 4) is 17.4 Å². The fourth-order valence-corrected chi connectivity index (χ4v) is 7.51. The smallest absolute Gasteiger partial charge is 0.187 e. The van der Waals surface area contributed by atoms with Crippen molar-refractivity contribution in [2.24, 2.45) is 0 Å². The summed E-state index contributed by atoms with van der Waals surface area (Å²) < 4.78 is 4.74. The van der Waals surface area contributed by atoms with Crippen LogP contribution in [-0.2, 0) is 0 Å². The van der Waals surface area contributed by atoms with E-state index in [0.29, 0.717) is 11.3 Å². The molecule has 2 heterocycles. The Labute approximate surface area is 295 Å². The lowest BCUT2D eigenvalue weighted by Gasteiger charge is -2.27. The van der Waals surface area contributed by atoms with Crippen molar-refractivity contribution in [3.63, 3.8) is 0 Å². The first-order valence-corrected chi connectivity index (χ1v) is 16.9. The summed E-state index contributed by atoms with van der Waals surface area (Å²) in [5, 5.41) is 14.5. The van der Waals surface area contributed by atoms with Crippen molar-refractivity contribution in [1.82, 2.24) is 9.13 Å². The third-order valence-electron chi connectivity index (χ3n) is 9.81. The van der Waals surface area contributed by atoms with Crippen LogP contribution >= 0.6 is 0 Å². The minimum atomic E-state index is 0.578. The number of hydrogen-bond donors (Lipinski definition) is 0. The molecule has 240 valence electrons. The van der Waals surface area contributed by atoms with Gasteiger partial charge in [-0.3, -0.25) is 0 Å². The van der Waals surface area contributed by atoms with Gasteiger partial charge >= 0.3 is 0 Å². The van der Waals surface area contributed by atoms with Crippen LogP contribution < -0.4 is 4.90 Å². The zero-order valence-electron chi connectivity index (χ0n) is 28.2. The van der Waals surface area contributed by atoms with Gasteiger partial charge in [-0.1, -0.05) is 71.8 Å². The molecule has 5 nitrogen and oxygen atoms in total. The van der Waals surface area contributed by atoms with Crippen LogP contribution in [0.1, 0.15) is 16.7 Å². The van der Waals surface area contributed by atoms with Crippen LogP contribution in [0.5, 0.6) is 0 Å². The van der Waals surface area contributed by atoms with Gasteiger partial charge in [-0.05, 0) is 105 Å². The van der Waals surface area contributed by atoms with Crippen molar-refractivity contribution >= 4 is 66.4 Å². The van der Waals surface area contributed by atoms with Gasteiger partial charge in [-0.15, -0.1) is 0 Å². The van der Waals surface area contributed by atoms with E-state index in [2.05, 4.69) is 142 Å². The molecule has 0 saturated heterocycles. The Kier molecular flexibility index (Phi) is 6.95. The zero-order chi connectivity index (χ0) is 34.6. The molecule has 0 aliphatic heterocycles. The number of para-hydroxylation sites is 2. The van der Waals surface area contributed by atoms with Crippen LogP contribution in [-0.4, -0.2) is 9.13 Å². The molecule has 0 amide bonds. The van der Waals surface area contributed by atoms with E-state index in [0.717, 1.165) is 50.5 Å². The molecule has 0 fully saturated rings. The largest absolute Gasteiger partial charge is 0.310 e. The minimum Gasteiger partial charge on any atom is -0.310 e. The molecule has 7 aromatic carbocycles. The number of fused-ring (bicyclic) bond motifs is 6. The minimum absolute atomic E-state index is 0.578. The predicted molar refractivity (Wildman–Crippen MR) is 210 cm³/mol. The molecule has 0 unspecified atom stereocenters. The summed E-state index contributed by atoms with van der Waals surface area (Å²) in [6.07, 6.45) is 0. The van der Waals surface area contributed by atoms with Crippen LogP contribution in [0.3, 0.4) is 0 Å². The highest BCUT2D eigenvalue weighted by Gasteiger charge is 2.20. The van der Waals surface area contributed by atoms with Gasteiger partial charge in [0.25, 0.3) is 0 Å². The van der Waals surface area contributed by atoms with Gasteiger partial charge < -0.3 is 14.0 Å². The van der Waals surface area contributed by atoms with Crippen LogP contribution in [0, 0.1) is 31.8 Å². The van der Waals surface area contributed by atoms with E-state index in [-0.39, 0.29) is 0 Å². The molecule has 2 aromatic heterocycles. The Hall–Kier alpha value is -7.08. The van der Waals surface area contributed by atoms with E-state index in [1.807, 2.05) is 48.5 Å². The van der Waals surface area contributed by atoms with Gasteiger partial charge in [0.1, 0.15) is 0 Å². The first-order chi connectivity index (χ1) is 25.0. The standard InChI is InChI=1S/C46H31N5/c1-30-12-22-45-41(24-30)39-8-4-6-10-43(39)50(45)37-26-36(49(34-18-14-32(29-47)15-19-34)35-20-16-33(48-3)17-21-35)27-38(28-37)51-44-11-7-5-9-40(44)42-25-31(2)13-23-46(42)51/h4-28H,1-2H3. The van der Waals surface area contributed by atoms with E-state index < -0.39 is 0 Å². The third kappa shape index (κ3) is 4.92. The normalized spacial score (nSPS) is 11.3. The molecule has 0 aliphatic rings. The molecule has 0 bridgehead atoms. The van der Waals surface area contributed by atoms with E-state index in [4.69, 9.17) is 6.57 Å². The van der Waals surface area contributed by atoms with Crippen molar-refractivity contribution < 1.29 is 0 Å². The van der Waals surface area contributed by atoms with Gasteiger partial charge in [0.15, 0.2) is 5.69 Å². The molecule has 0 atom stereocenters. The van der Waals surface area contributed by atoms with Gasteiger partial charge in [-0.25, -0.2) is 4.85 Å². The molecule has 0 N–H and O–H groups in total. The zero-order valence-corrected chi connectivity index (χ0v) is 28.2. The van der Waals surface area contributed by atoms with Crippen LogP contribution in [0.4, 0.5) is 22.7 Å². The van der Waals surface area contributed by atoms with E-state index in [1.165, 1.54) is 32.7 Å². The lowest BCUT2D eigenvalue weighted by Crippen LogP contribution is -2.11. The lowest BCUT2D eigenvalue weighted by atomic mass is 10.1. The van der Waals surface area contributed by atoms with Crippen molar-refractivity contribution in [2.45, 2.75) is 13.8 Å². The first kappa shape index (κ1) is 30.0. The Morgan fingerprint density at radius 1 is 0.510 bits per heavy atom. The second-order valence-electron chi connectivity index (χ2n) is 13.1. The molecule has 0 saturated carbocycles. The van der Waals surface area contributed by atoms with Crippen molar-refractivity contribution in [2.75, 3.05) is 4.90 Å². The highest BCUT2D eigenvalue weighted by molar-refractivity contribution is 6.11. The average Bonchev–Trinajstić information content (AvgIpc) is 3.67. The third-order valence-corrected chi connectivity index (χ3v) is 9.81. The Balaban J connectivity index is 1.40. The molecular formula is C46H31N5. The molecule has 0 spiro atoms. The quantitative estimate of drug-likeness (QED) is 0.173. The molecule has 9 aromatic rings. The second kappa shape index (κ2) is 11.8. The summed E-state index contributed by atoms with van der Waals surface area (Å²) in [5.41, 5.74) is 12.9. The lowest BCUT2D eigenvalue weighted by molar-refractivity contribution is 1.12. The fourth-order valence-electron chi connectivity index (χ4n) is 7.51. The maximum Gasteiger partial charge on any atom is 0.187 e. The van der Waals surface area contributed by atoms with Gasteiger partial charge in [-0.2, -0.15) is 5.26 Å². The maximum absolute atomic E-state index is 9.63. The Morgan fingerprint density at radius 3 is 1.47 bits per heavy atom. The van der Waals surface area contributed by atoms with Crippen molar-refractivity contribution in [1.29, 1.82) is 5.26 Å². The SMILES string of the molecule is [C-]#[N+]c1ccc(N(c2ccc(C#N)cc2)c2cc(-n3c4ccccc4c4cc(C)ccc43)cc(-n3c4ccccc4c4cc(C)ccc43)c2)cc1. The summed E-state index contributed by atoms with van der Waals surface area (Å²) in [7, 11) is 0. The molecular weight excluding hydrogens is 623 g/mol. The molecule has 0 radical (unpaired) electrons. The fraction of sp³-hybridized carbons (Fsp3) is 0.0435. The van der Waals surface area contributed by atoms with E-state index >= 15 is 0 Å². The van der Waals surface area contributed by atoms with Gasteiger partial charge in [0, 0.05) is 32.9 Å². The molecule has 5 heteroatoms. The number of benzene rings is 7. The summed E-state index contributed by atoms with van der Waals surface area (Å²) in [5.74, 6) is 0. The van der Waals surface area contributed by atoms with Crippen LogP contribution in [0.15, 0.2) is 152 Å². The van der Waals surface area contributed by atoms with Crippen LogP contribution in [0.2, 0.25) is 0 Å². The number of rotatable bonds is 5. The topological polar surface area (TPSA) is 41.2 Å². The number of nitriles is 1. The van der Waals surface area contributed by atoms with Gasteiger partial charge in [0.05, 0.1) is 57.3 Å². The van der Waals surface area contributed by atoms with E-state index in [1.54, 1.807) is 0 Å². The summed E-state index contributed by atoms with van der Waals surface area (Å²) in [4.78, 5) is 5.86. The van der Waals surface area contributed by atoms with Crippen LogP contribution in [0.25, 0.3) is 59.8 Å². The summed E-state index contributed by atoms with van der Waals surface area (Å²) in [6, 6.07) is 55.0. The molecule has 51 heavy (non-hydrogen) atoms. The average molecular weight is 654 g/mol. The van der Waals surface area contributed by atoms with Crippen molar-refractivity contribution in [3.05, 3.63) is 180 Å². The first-order valence-electron chi connectivity index (χ1n) is 16.9. The Morgan fingerprint density at radius 2 is 0.980 bits per heavy atom. The number of nitrogens with zero attached hydrogens (tertiary/aromatic N) is 5. The second-order valence-corrected chi connectivity index (χ2v) is 13.1. The predicted octanol–water partition coefficient (Wildman–Crippen LogP) is 12.4. The number of anilines is 3. The highest BCUT2D eigenvalue weighted by atomic mass is 15.1. The summed E-state index contributed by atoms with van der Waals surface area (Å²) >= 11 is 0.